The topological polar surface area (TPSA) is 70.6 Å². The standard InChI is InChI=1S/C15H21F3N2O3/c1-9(2)12(6-7-21)20-15(22)19-8-10-11(16)4-3-5-13(10)23-14(17)18/h3-5,9,12,14,21H,6-8H2,1-2H3,(H2,19,20,22). The summed E-state index contributed by atoms with van der Waals surface area (Å²) in [5.74, 6) is -0.977. The lowest BCUT2D eigenvalue weighted by atomic mass is 10.0. The Balaban J connectivity index is 2.68. The molecule has 0 saturated heterocycles. The molecule has 2 amide bonds. The van der Waals surface area contributed by atoms with Gasteiger partial charge in [0.2, 0.25) is 0 Å². The predicted octanol–water partition coefficient (Wildman–Crippen LogP) is 2.63. The third-order valence-electron chi connectivity index (χ3n) is 3.28. The summed E-state index contributed by atoms with van der Waals surface area (Å²) in [6.45, 7) is 0.296. The minimum atomic E-state index is -3.08. The van der Waals surface area contributed by atoms with Crippen molar-refractivity contribution >= 4 is 6.03 Å². The minimum Gasteiger partial charge on any atom is -0.434 e. The highest BCUT2D eigenvalue weighted by atomic mass is 19.3. The second-order valence-corrected chi connectivity index (χ2v) is 5.28. The molecule has 0 spiro atoms. The number of carbonyl (C=O) groups is 1. The number of alkyl halides is 2. The quantitative estimate of drug-likeness (QED) is 0.684. The van der Waals surface area contributed by atoms with E-state index < -0.39 is 18.5 Å². The number of amides is 2. The van der Waals surface area contributed by atoms with Gasteiger partial charge in [0.25, 0.3) is 0 Å². The van der Waals surface area contributed by atoms with Gasteiger partial charge in [-0.1, -0.05) is 19.9 Å². The molecular formula is C15H21F3N2O3. The summed E-state index contributed by atoms with van der Waals surface area (Å²) in [6.07, 6.45) is 0.379. The molecule has 0 aliphatic heterocycles. The van der Waals surface area contributed by atoms with Crippen LogP contribution < -0.4 is 15.4 Å². The van der Waals surface area contributed by atoms with Crippen molar-refractivity contribution in [2.24, 2.45) is 5.92 Å². The predicted molar refractivity (Wildman–Crippen MR) is 78.7 cm³/mol. The molecule has 0 radical (unpaired) electrons. The molecule has 1 aromatic carbocycles. The smallest absolute Gasteiger partial charge is 0.387 e. The number of nitrogens with one attached hydrogen (secondary N) is 2. The van der Waals surface area contributed by atoms with E-state index in [1.54, 1.807) is 0 Å². The number of carbonyl (C=O) groups excluding carboxylic acids is 1. The van der Waals surface area contributed by atoms with Crippen LogP contribution in [0, 0.1) is 11.7 Å². The zero-order valence-corrected chi connectivity index (χ0v) is 13.0. The van der Waals surface area contributed by atoms with Gasteiger partial charge in [0.15, 0.2) is 0 Å². The first kappa shape index (κ1) is 19.1. The van der Waals surface area contributed by atoms with Crippen LogP contribution in [0.2, 0.25) is 0 Å². The van der Waals surface area contributed by atoms with Crippen LogP contribution in [-0.4, -0.2) is 30.4 Å². The summed E-state index contributed by atoms with van der Waals surface area (Å²) < 4.78 is 42.6. The number of aliphatic hydroxyl groups is 1. The zero-order valence-electron chi connectivity index (χ0n) is 13.0. The Hall–Kier alpha value is -1.96. The maximum Gasteiger partial charge on any atom is 0.387 e. The molecule has 1 aromatic rings. The SMILES string of the molecule is CC(C)C(CCO)NC(=O)NCc1c(F)cccc1OC(F)F. The van der Waals surface area contributed by atoms with Crippen LogP contribution in [0.3, 0.4) is 0 Å². The van der Waals surface area contributed by atoms with Crippen LogP contribution in [0.5, 0.6) is 5.75 Å². The van der Waals surface area contributed by atoms with Crippen LogP contribution in [0.4, 0.5) is 18.0 Å². The van der Waals surface area contributed by atoms with E-state index in [2.05, 4.69) is 15.4 Å². The lowest BCUT2D eigenvalue weighted by molar-refractivity contribution is -0.0506. The molecule has 130 valence electrons. The Kier molecular flexibility index (Phi) is 7.67. The maximum absolute atomic E-state index is 13.7. The summed E-state index contributed by atoms with van der Waals surface area (Å²) in [4.78, 5) is 11.8. The molecule has 0 saturated carbocycles. The summed E-state index contributed by atoms with van der Waals surface area (Å²) in [5, 5.41) is 14.0. The zero-order chi connectivity index (χ0) is 17.4. The number of halogens is 3. The van der Waals surface area contributed by atoms with Crippen LogP contribution in [0.15, 0.2) is 18.2 Å². The van der Waals surface area contributed by atoms with Gasteiger partial charge in [-0.15, -0.1) is 0 Å². The largest absolute Gasteiger partial charge is 0.434 e. The van der Waals surface area contributed by atoms with Gasteiger partial charge in [0.05, 0.1) is 6.54 Å². The number of urea groups is 1. The van der Waals surface area contributed by atoms with Gasteiger partial charge >= 0.3 is 12.6 Å². The lowest BCUT2D eigenvalue weighted by Gasteiger charge is -2.22. The summed E-state index contributed by atoms with van der Waals surface area (Å²) in [6, 6.07) is 2.70. The average molecular weight is 334 g/mol. The fourth-order valence-corrected chi connectivity index (χ4v) is 2.02. The molecule has 0 bridgehead atoms. The highest BCUT2D eigenvalue weighted by Crippen LogP contribution is 2.23. The molecule has 1 rings (SSSR count). The fraction of sp³-hybridized carbons (Fsp3) is 0.533. The maximum atomic E-state index is 13.7. The monoisotopic (exact) mass is 334 g/mol. The summed E-state index contributed by atoms with van der Waals surface area (Å²) in [7, 11) is 0. The van der Waals surface area contributed by atoms with Gasteiger partial charge in [0.1, 0.15) is 11.6 Å². The molecule has 8 heteroatoms. The van der Waals surface area contributed by atoms with Crippen molar-refractivity contribution in [2.75, 3.05) is 6.61 Å². The highest BCUT2D eigenvalue weighted by molar-refractivity contribution is 5.74. The minimum absolute atomic E-state index is 0.0805. The number of benzene rings is 1. The Labute approximate surface area is 132 Å². The van der Waals surface area contributed by atoms with Crippen molar-refractivity contribution < 1.29 is 27.8 Å². The molecule has 0 heterocycles. The molecule has 1 unspecified atom stereocenters. The third kappa shape index (κ3) is 6.35. The van der Waals surface area contributed by atoms with Crippen LogP contribution in [0.1, 0.15) is 25.8 Å². The van der Waals surface area contributed by atoms with E-state index >= 15 is 0 Å². The Morgan fingerprint density at radius 1 is 1.35 bits per heavy atom. The molecule has 23 heavy (non-hydrogen) atoms. The first-order valence-electron chi connectivity index (χ1n) is 7.22. The molecule has 0 fully saturated rings. The van der Waals surface area contributed by atoms with E-state index in [0.29, 0.717) is 6.42 Å². The lowest BCUT2D eigenvalue weighted by Crippen LogP contribution is -2.44. The van der Waals surface area contributed by atoms with Crippen LogP contribution >= 0.6 is 0 Å². The van der Waals surface area contributed by atoms with Crippen molar-refractivity contribution in [1.29, 1.82) is 0 Å². The van der Waals surface area contributed by atoms with Crippen LogP contribution in [0.25, 0.3) is 0 Å². The second-order valence-electron chi connectivity index (χ2n) is 5.28. The molecule has 0 aromatic heterocycles. The van der Waals surface area contributed by atoms with Gasteiger partial charge < -0.3 is 20.5 Å². The van der Waals surface area contributed by atoms with E-state index in [1.165, 1.54) is 12.1 Å². The van der Waals surface area contributed by atoms with Crippen LogP contribution in [-0.2, 0) is 6.54 Å². The van der Waals surface area contributed by atoms with E-state index in [0.717, 1.165) is 6.07 Å². The first-order valence-corrected chi connectivity index (χ1v) is 7.22. The molecule has 0 aliphatic rings. The number of hydrogen-bond donors (Lipinski definition) is 3. The first-order chi connectivity index (χ1) is 10.8. The molecule has 3 N–H and O–H groups in total. The Morgan fingerprint density at radius 2 is 2.04 bits per heavy atom. The van der Waals surface area contributed by atoms with Crippen molar-refractivity contribution in [3.63, 3.8) is 0 Å². The highest BCUT2D eigenvalue weighted by Gasteiger charge is 2.17. The number of hydrogen-bond acceptors (Lipinski definition) is 3. The van der Waals surface area contributed by atoms with Crippen molar-refractivity contribution in [3.05, 3.63) is 29.6 Å². The van der Waals surface area contributed by atoms with Crippen molar-refractivity contribution in [1.82, 2.24) is 10.6 Å². The summed E-state index contributed by atoms with van der Waals surface area (Å²) >= 11 is 0. The Bertz CT molecular complexity index is 513. The van der Waals surface area contributed by atoms with E-state index in [1.807, 2.05) is 13.8 Å². The fourth-order valence-electron chi connectivity index (χ4n) is 2.02. The molecular weight excluding hydrogens is 313 g/mol. The van der Waals surface area contributed by atoms with E-state index in [-0.39, 0.29) is 36.4 Å². The molecule has 0 aliphatic carbocycles. The third-order valence-corrected chi connectivity index (χ3v) is 3.28. The number of rotatable bonds is 8. The van der Waals surface area contributed by atoms with Crippen molar-refractivity contribution in [3.8, 4) is 5.75 Å². The van der Waals surface area contributed by atoms with Gasteiger partial charge in [-0.2, -0.15) is 8.78 Å². The van der Waals surface area contributed by atoms with Gasteiger partial charge in [-0.05, 0) is 24.5 Å². The van der Waals surface area contributed by atoms with Crippen molar-refractivity contribution in [2.45, 2.75) is 39.5 Å². The molecule has 1 atom stereocenters. The van der Waals surface area contributed by atoms with Gasteiger partial charge in [-0.3, -0.25) is 0 Å². The summed E-state index contributed by atoms with van der Waals surface area (Å²) in [5.41, 5.74) is -0.161. The van der Waals surface area contributed by atoms with Gasteiger partial charge in [0, 0.05) is 18.2 Å². The average Bonchev–Trinajstić information content (AvgIpc) is 2.45. The second kappa shape index (κ2) is 9.24. The van der Waals surface area contributed by atoms with Gasteiger partial charge in [-0.25, -0.2) is 9.18 Å². The van der Waals surface area contributed by atoms with E-state index in [9.17, 15) is 18.0 Å². The molecule has 5 nitrogen and oxygen atoms in total. The Morgan fingerprint density at radius 3 is 2.61 bits per heavy atom. The normalized spacial score (nSPS) is 12.3. The van der Waals surface area contributed by atoms with E-state index in [4.69, 9.17) is 5.11 Å². The number of aliphatic hydroxyl groups excluding tert-OH is 1. The number of ether oxygens (including phenoxy) is 1.